The van der Waals surface area contributed by atoms with Crippen molar-refractivity contribution in [3.05, 3.63) is 36.1 Å². The summed E-state index contributed by atoms with van der Waals surface area (Å²) >= 11 is 0. The lowest BCUT2D eigenvalue weighted by Gasteiger charge is -2.23. The first-order valence-corrected chi connectivity index (χ1v) is 9.34. The number of amides is 2. The number of rotatable bonds is 4. The molecule has 2 aliphatic heterocycles. The first-order valence-electron chi connectivity index (χ1n) is 9.34. The smallest absolute Gasteiger partial charge is 0.255 e. The first-order chi connectivity index (χ1) is 13.2. The van der Waals surface area contributed by atoms with Gasteiger partial charge in [0.05, 0.1) is 18.2 Å². The third kappa shape index (κ3) is 3.53. The summed E-state index contributed by atoms with van der Waals surface area (Å²) in [5, 5.41) is 13.0. The molecular formula is C20H22N4O3. The fraction of sp³-hybridized carbons (Fsp3) is 0.450. The number of nitrogens with zero attached hydrogens (tertiary/aromatic N) is 3. The topological polar surface area (TPSA) is 89.6 Å². The van der Waals surface area contributed by atoms with Gasteiger partial charge in [-0.05, 0) is 25.3 Å². The molecule has 0 bridgehead atoms. The van der Waals surface area contributed by atoms with Gasteiger partial charge in [0.15, 0.2) is 0 Å². The number of para-hydroxylation sites is 1. The molecule has 2 aliphatic rings. The summed E-state index contributed by atoms with van der Waals surface area (Å²) in [6.45, 7) is 2.37. The molecule has 1 aromatic heterocycles. The summed E-state index contributed by atoms with van der Waals surface area (Å²) in [6.07, 6.45) is 3.95. The van der Waals surface area contributed by atoms with Crippen LogP contribution in [0.5, 0.6) is 0 Å². The Morgan fingerprint density at radius 3 is 2.96 bits per heavy atom. The molecule has 0 radical (unpaired) electrons. The molecular weight excluding hydrogens is 344 g/mol. The number of nitrogens with one attached hydrogen (secondary N) is 1. The van der Waals surface area contributed by atoms with Gasteiger partial charge in [-0.1, -0.05) is 18.2 Å². The van der Waals surface area contributed by atoms with Crippen LogP contribution in [0.15, 0.2) is 34.9 Å². The van der Waals surface area contributed by atoms with Gasteiger partial charge in [-0.3, -0.25) is 14.5 Å². The minimum Gasteiger partial charge on any atom is -0.463 e. The summed E-state index contributed by atoms with van der Waals surface area (Å²) in [6, 6.07) is 9.38. The van der Waals surface area contributed by atoms with Gasteiger partial charge in [0.2, 0.25) is 5.91 Å². The van der Waals surface area contributed by atoms with Gasteiger partial charge in [0.1, 0.15) is 17.9 Å². The molecule has 3 heterocycles. The molecule has 27 heavy (non-hydrogen) atoms. The number of furan rings is 1. The number of hydrogen-bond acceptors (Lipinski definition) is 5. The molecule has 7 heteroatoms. The van der Waals surface area contributed by atoms with E-state index in [9.17, 15) is 9.59 Å². The van der Waals surface area contributed by atoms with Crippen LogP contribution in [-0.4, -0.2) is 59.9 Å². The van der Waals surface area contributed by atoms with Gasteiger partial charge >= 0.3 is 0 Å². The van der Waals surface area contributed by atoms with Gasteiger partial charge < -0.3 is 14.6 Å². The van der Waals surface area contributed by atoms with Crippen molar-refractivity contribution < 1.29 is 14.0 Å². The number of fused-ring (bicyclic) bond motifs is 1. The normalized spacial score (nSPS) is 22.9. The highest BCUT2D eigenvalue weighted by molar-refractivity contribution is 6.06. The van der Waals surface area contributed by atoms with E-state index in [0.717, 1.165) is 31.2 Å². The fourth-order valence-electron chi connectivity index (χ4n) is 3.99. The maximum atomic E-state index is 12.6. The fourth-order valence-corrected chi connectivity index (χ4v) is 3.99. The molecule has 4 rings (SSSR count). The van der Waals surface area contributed by atoms with E-state index in [1.165, 1.54) is 6.26 Å². The van der Waals surface area contributed by atoms with Crippen LogP contribution in [0, 0.1) is 11.3 Å². The number of likely N-dealkylation sites (tertiary alicyclic amines) is 2. The van der Waals surface area contributed by atoms with Crippen LogP contribution in [-0.2, 0) is 4.79 Å². The van der Waals surface area contributed by atoms with Crippen LogP contribution in [0.3, 0.4) is 0 Å². The van der Waals surface area contributed by atoms with E-state index >= 15 is 0 Å². The molecule has 0 saturated carbocycles. The third-order valence-corrected chi connectivity index (χ3v) is 5.41. The van der Waals surface area contributed by atoms with E-state index in [0.29, 0.717) is 30.8 Å². The number of nitriles is 1. The van der Waals surface area contributed by atoms with E-state index in [1.54, 1.807) is 4.90 Å². The summed E-state index contributed by atoms with van der Waals surface area (Å²) < 4.78 is 5.44. The Labute approximate surface area is 157 Å². The maximum Gasteiger partial charge on any atom is 0.255 e. The van der Waals surface area contributed by atoms with Crippen molar-refractivity contribution in [3.63, 3.8) is 0 Å². The van der Waals surface area contributed by atoms with Gasteiger partial charge in [0.25, 0.3) is 5.91 Å². The van der Waals surface area contributed by atoms with Crippen molar-refractivity contribution in [1.29, 1.82) is 5.26 Å². The Bertz CT molecular complexity index is 900. The van der Waals surface area contributed by atoms with Crippen LogP contribution >= 0.6 is 0 Å². The largest absolute Gasteiger partial charge is 0.463 e. The average Bonchev–Trinajstić information content (AvgIpc) is 3.40. The summed E-state index contributed by atoms with van der Waals surface area (Å²) in [4.78, 5) is 28.8. The highest BCUT2D eigenvalue weighted by Crippen LogP contribution is 2.21. The van der Waals surface area contributed by atoms with Crippen molar-refractivity contribution in [1.82, 2.24) is 15.1 Å². The Morgan fingerprint density at radius 2 is 2.11 bits per heavy atom. The minimum absolute atomic E-state index is 0.00399. The molecule has 140 valence electrons. The molecule has 0 aliphatic carbocycles. The number of benzene rings is 1. The average molecular weight is 366 g/mol. The quantitative estimate of drug-likeness (QED) is 0.890. The standard InChI is InChI=1S/C20H22N4O3/c21-10-15-4-3-8-24(15)19(25)12-23-9-7-14(11-23)22-20(26)17-13-27-18-6-2-1-5-16(17)18/h1-2,5-6,13-15H,3-4,7-9,11-12H2,(H,22,26)/t14-,15?/m0/s1. The van der Waals surface area contributed by atoms with Gasteiger partial charge in [-0.15, -0.1) is 0 Å². The Balaban J connectivity index is 1.33. The number of carbonyl (C=O) groups excluding carboxylic acids is 2. The van der Waals surface area contributed by atoms with Gasteiger partial charge in [0, 0.05) is 31.1 Å². The highest BCUT2D eigenvalue weighted by Gasteiger charge is 2.32. The van der Waals surface area contributed by atoms with Crippen LogP contribution < -0.4 is 5.32 Å². The van der Waals surface area contributed by atoms with Crippen molar-refractivity contribution in [2.75, 3.05) is 26.2 Å². The second-order valence-electron chi connectivity index (χ2n) is 7.21. The SMILES string of the molecule is N#CC1CCCN1C(=O)CN1CC[C@H](NC(=O)c2coc3ccccc23)C1. The molecule has 2 aromatic rings. The Morgan fingerprint density at radius 1 is 1.26 bits per heavy atom. The predicted molar refractivity (Wildman–Crippen MR) is 98.9 cm³/mol. The van der Waals surface area contributed by atoms with Crippen LogP contribution in [0.1, 0.15) is 29.6 Å². The maximum absolute atomic E-state index is 12.6. The molecule has 1 unspecified atom stereocenters. The Kier molecular flexibility index (Phi) is 4.82. The molecule has 1 aromatic carbocycles. The highest BCUT2D eigenvalue weighted by atomic mass is 16.3. The lowest BCUT2D eigenvalue weighted by atomic mass is 10.1. The lowest BCUT2D eigenvalue weighted by Crippen LogP contribution is -2.43. The van der Waals surface area contributed by atoms with E-state index in [2.05, 4.69) is 11.4 Å². The van der Waals surface area contributed by atoms with E-state index in [4.69, 9.17) is 9.68 Å². The van der Waals surface area contributed by atoms with Crippen molar-refractivity contribution in [2.24, 2.45) is 0 Å². The number of hydrogen-bond donors (Lipinski definition) is 1. The van der Waals surface area contributed by atoms with Crippen LogP contribution in [0.25, 0.3) is 11.0 Å². The molecule has 1 N–H and O–H groups in total. The monoisotopic (exact) mass is 366 g/mol. The van der Waals surface area contributed by atoms with E-state index < -0.39 is 0 Å². The van der Waals surface area contributed by atoms with Gasteiger partial charge in [-0.2, -0.15) is 5.26 Å². The van der Waals surface area contributed by atoms with Crippen LogP contribution in [0.2, 0.25) is 0 Å². The zero-order valence-corrected chi connectivity index (χ0v) is 15.1. The summed E-state index contributed by atoms with van der Waals surface area (Å²) in [7, 11) is 0. The second kappa shape index (κ2) is 7.41. The minimum atomic E-state index is -0.287. The van der Waals surface area contributed by atoms with E-state index in [-0.39, 0.29) is 23.9 Å². The molecule has 2 atom stereocenters. The lowest BCUT2D eigenvalue weighted by molar-refractivity contribution is -0.132. The second-order valence-corrected chi connectivity index (χ2v) is 7.21. The number of carbonyl (C=O) groups is 2. The molecule has 7 nitrogen and oxygen atoms in total. The van der Waals surface area contributed by atoms with Crippen LogP contribution in [0.4, 0.5) is 0 Å². The van der Waals surface area contributed by atoms with E-state index in [1.807, 2.05) is 29.2 Å². The Hall–Kier alpha value is -2.85. The zero-order chi connectivity index (χ0) is 18.8. The van der Waals surface area contributed by atoms with Gasteiger partial charge in [-0.25, -0.2) is 0 Å². The molecule has 2 fully saturated rings. The predicted octanol–water partition coefficient (Wildman–Crippen LogP) is 1.75. The molecule has 0 spiro atoms. The van der Waals surface area contributed by atoms with Crippen molar-refractivity contribution in [2.45, 2.75) is 31.3 Å². The summed E-state index contributed by atoms with van der Waals surface area (Å²) in [5.74, 6) is -0.144. The molecule has 2 saturated heterocycles. The third-order valence-electron chi connectivity index (χ3n) is 5.41. The summed E-state index contributed by atoms with van der Waals surface area (Å²) in [5.41, 5.74) is 1.23. The zero-order valence-electron chi connectivity index (χ0n) is 15.1. The van der Waals surface area contributed by atoms with Crippen molar-refractivity contribution >= 4 is 22.8 Å². The first kappa shape index (κ1) is 17.6. The van der Waals surface area contributed by atoms with Crippen molar-refractivity contribution in [3.8, 4) is 6.07 Å². The molecule has 2 amide bonds.